The molecule has 2 rings (SSSR count). The maximum absolute atomic E-state index is 9.69. The van der Waals surface area contributed by atoms with Crippen molar-refractivity contribution in [2.45, 2.75) is 20.4 Å². The molecule has 0 unspecified atom stereocenters. The molecule has 0 radical (unpaired) electrons. The van der Waals surface area contributed by atoms with Gasteiger partial charge in [-0.25, -0.2) is 0 Å². The van der Waals surface area contributed by atoms with Crippen LogP contribution in [-0.4, -0.2) is 11.3 Å². The first-order chi connectivity index (χ1) is 8.66. The summed E-state index contributed by atoms with van der Waals surface area (Å²) < 4.78 is 0. The second-order valence-corrected chi connectivity index (χ2v) is 4.46. The van der Waals surface area contributed by atoms with E-state index in [9.17, 15) is 5.11 Å². The highest BCUT2D eigenvalue weighted by molar-refractivity contribution is 5.80. The van der Waals surface area contributed by atoms with Crippen molar-refractivity contribution in [2.75, 3.05) is 0 Å². The van der Waals surface area contributed by atoms with Crippen molar-refractivity contribution in [3.63, 3.8) is 0 Å². The van der Waals surface area contributed by atoms with E-state index in [4.69, 9.17) is 0 Å². The van der Waals surface area contributed by atoms with Crippen molar-refractivity contribution < 1.29 is 5.11 Å². The summed E-state index contributed by atoms with van der Waals surface area (Å²) in [5.41, 5.74) is 3.99. The van der Waals surface area contributed by atoms with Crippen molar-refractivity contribution in [2.24, 2.45) is 4.99 Å². The molecule has 2 nitrogen and oxygen atoms in total. The molecule has 0 aliphatic carbocycles. The van der Waals surface area contributed by atoms with Crippen LogP contribution >= 0.6 is 0 Å². The third-order valence-electron chi connectivity index (χ3n) is 2.87. The topological polar surface area (TPSA) is 32.6 Å². The van der Waals surface area contributed by atoms with Gasteiger partial charge in [-0.15, -0.1) is 0 Å². The predicted octanol–water partition coefficient (Wildman–Crippen LogP) is 3.63. The first kappa shape index (κ1) is 12.4. The summed E-state index contributed by atoms with van der Waals surface area (Å²) in [6, 6.07) is 14.0. The Kier molecular flexibility index (Phi) is 3.78. The molecule has 0 saturated carbocycles. The van der Waals surface area contributed by atoms with Gasteiger partial charge in [0.25, 0.3) is 0 Å². The van der Waals surface area contributed by atoms with Gasteiger partial charge in [-0.2, -0.15) is 0 Å². The van der Waals surface area contributed by atoms with Crippen molar-refractivity contribution in [1.82, 2.24) is 0 Å². The van der Waals surface area contributed by atoms with Crippen LogP contribution in [0, 0.1) is 13.8 Å². The van der Waals surface area contributed by atoms with E-state index in [-0.39, 0.29) is 0 Å². The van der Waals surface area contributed by atoms with Crippen LogP contribution in [0.3, 0.4) is 0 Å². The van der Waals surface area contributed by atoms with Gasteiger partial charge in [0.2, 0.25) is 0 Å². The second kappa shape index (κ2) is 5.50. The Hall–Kier alpha value is -2.09. The summed E-state index contributed by atoms with van der Waals surface area (Å²) in [7, 11) is 0. The smallest absolute Gasteiger partial charge is 0.121 e. The third-order valence-corrected chi connectivity index (χ3v) is 2.87. The van der Waals surface area contributed by atoms with Crippen LogP contribution in [-0.2, 0) is 6.54 Å². The van der Waals surface area contributed by atoms with Crippen LogP contribution < -0.4 is 0 Å². The number of phenols is 1. The van der Waals surface area contributed by atoms with Gasteiger partial charge in [-0.05, 0) is 48.2 Å². The SMILES string of the molecule is Cc1cc(C=NCc2ccccc2)cc(C)c1O. The molecule has 0 fully saturated rings. The fourth-order valence-corrected chi connectivity index (χ4v) is 1.90. The van der Waals surface area contributed by atoms with Crippen molar-refractivity contribution in [1.29, 1.82) is 0 Å². The molecule has 0 bridgehead atoms. The fraction of sp³-hybridized carbons (Fsp3) is 0.188. The van der Waals surface area contributed by atoms with Gasteiger partial charge >= 0.3 is 0 Å². The van der Waals surface area contributed by atoms with Gasteiger partial charge in [-0.1, -0.05) is 30.3 Å². The van der Waals surface area contributed by atoms with Crippen molar-refractivity contribution in [3.05, 3.63) is 64.7 Å². The number of aromatic hydroxyl groups is 1. The lowest BCUT2D eigenvalue weighted by molar-refractivity contribution is 0.467. The lowest BCUT2D eigenvalue weighted by atomic mass is 10.1. The van der Waals surface area contributed by atoms with Gasteiger partial charge in [0.1, 0.15) is 5.75 Å². The molecule has 0 amide bonds. The molecule has 2 aromatic rings. The Morgan fingerprint density at radius 3 is 2.28 bits per heavy atom. The number of hydrogen-bond donors (Lipinski definition) is 1. The monoisotopic (exact) mass is 239 g/mol. The molecular weight excluding hydrogens is 222 g/mol. The Morgan fingerprint density at radius 1 is 1.06 bits per heavy atom. The van der Waals surface area contributed by atoms with Crippen LogP contribution in [0.1, 0.15) is 22.3 Å². The average Bonchev–Trinajstić information content (AvgIpc) is 2.37. The molecule has 0 aliphatic rings. The summed E-state index contributed by atoms with van der Waals surface area (Å²) >= 11 is 0. The minimum Gasteiger partial charge on any atom is -0.507 e. The van der Waals surface area contributed by atoms with E-state index in [0.29, 0.717) is 12.3 Å². The number of benzene rings is 2. The Bertz CT molecular complexity index is 536. The summed E-state index contributed by atoms with van der Waals surface area (Å²) in [5.74, 6) is 0.371. The van der Waals surface area contributed by atoms with E-state index in [1.165, 1.54) is 5.56 Å². The standard InChI is InChI=1S/C16H17NO/c1-12-8-15(9-13(2)16(12)18)11-17-10-14-6-4-3-5-7-14/h3-9,11,18H,10H2,1-2H3. The molecule has 0 aliphatic heterocycles. The minimum absolute atomic E-state index is 0.371. The lowest BCUT2D eigenvalue weighted by Gasteiger charge is -2.04. The van der Waals surface area contributed by atoms with Crippen molar-refractivity contribution in [3.8, 4) is 5.75 Å². The highest BCUT2D eigenvalue weighted by Gasteiger charge is 2.01. The summed E-state index contributed by atoms with van der Waals surface area (Å²) in [6.45, 7) is 4.48. The lowest BCUT2D eigenvalue weighted by Crippen LogP contribution is -1.88. The third kappa shape index (κ3) is 2.98. The highest BCUT2D eigenvalue weighted by Crippen LogP contribution is 2.22. The highest BCUT2D eigenvalue weighted by atomic mass is 16.3. The fourth-order valence-electron chi connectivity index (χ4n) is 1.90. The number of hydrogen-bond acceptors (Lipinski definition) is 2. The van der Waals surface area contributed by atoms with E-state index in [0.717, 1.165) is 16.7 Å². The zero-order chi connectivity index (χ0) is 13.0. The maximum Gasteiger partial charge on any atom is 0.121 e. The van der Waals surface area contributed by atoms with E-state index in [1.807, 2.05) is 50.4 Å². The van der Waals surface area contributed by atoms with Crippen LogP contribution in [0.15, 0.2) is 47.5 Å². The number of phenolic OH excluding ortho intramolecular Hbond substituents is 1. The summed E-state index contributed by atoms with van der Waals surface area (Å²) in [4.78, 5) is 4.42. The summed E-state index contributed by atoms with van der Waals surface area (Å²) in [5, 5.41) is 9.69. The zero-order valence-corrected chi connectivity index (χ0v) is 10.7. The Balaban J connectivity index is 2.10. The maximum atomic E-state index is 9.69. The molecule has 0 atom stereocenters. The molecule has 0 aromatic heterocycles. The van der Waals surface area contributed by atoms with Crippen LogP contribution in [0.5, 0.6) is 5.75 Å². The quantitative estimate of drug-likeness (QED) is 0.815. The van der Waals surface area contributed by atoms with Crippen LogP contribution in [0.4, 0.5) is 0 Å². The first-order valence-corrected chi connectivity index (χ1v) is 6.01. The average molecular weight is 239 g/mol. The number of aryl methyl sites for hydroxylation is 2. The molecule has 2 aromatic carbocycles. The molecule has 0 heterocycles. The van der Waals surface area contributed by atoms with Crippen molar-refractivity contribution >= 4 is 6.21 Å². The van der Waals surface area contributed by atoms with E-state index in [1.54, 1.807) is 0 Å². The van der Waals surface area contributed by atoms with Gasteiger partial charge in [0.05, 0.1) is 6.54 Å². The molecule has 92 valence electrons. The van der Waals surface area contributed by atoms with Crippen LogP contribution in [0.25, 0.3) is 0 Å². The summed E-state index contributed by atoms with van der Waals surface area (Å²) in [6.07, 6.45) is 1.85. The number of rotatable bonds is 3. The minimum atomic E-state index is 0.371. The molecular formula is C16H17NO. The normalized spacial score (nSPS) is 11.0. The van der Waals surface area contributed by atoms with Gasteiger partial charge in [0, 0.05) is 6.21 Å². The molecule has 2 heteroatoms. The molecule has 18 heavy (non-hydrogen) atoms. The predicted molar refractivity (Wildman–Crippen MR) is 75.3 cm³/mol. The Labute approximate surface area is 108 Å². The Morgan fingerprint density at radius 2 is 1.67 bits per heavy atom. The van der Waals surface area contributed by atoms with Gasteiger partial charge < -0.3 is 5.11 Å². The largest absolute Gasteiger partial charge is 0.507 e. The van der Waals surface area contributed by atoms with E-state index < -0.39 is 0 Å². The number of aliphatic imine (C=N–C) groups is 1. The van der Waals surface area contributed by atoms with E-state index in [2.05, 4.69) is 17.1 Å². The van der Waals surface area contributed by atoms with Crippen LogP contribution in [0.2, 0.25) is 0 Å². The molecule has 1 N–H and O–H groups in total. The van der Waals surface area contributed by atoms with Gasteiger partial charge in [-0.3, -0.25) is 4.99 Å². The molecule has 0 spiro atoms. The molecule has 0 saturated heterocycles. The first-order valence-electron chi connectivity index (χ1n) is 6.01. The van der Waals surface area contributed by atoms with E-state index >= 15 is 0 Å². The second-order valence-electron chi connectivity index (χ2n) is 4.46. The number of nitrogens with zero attached hydrogens (tertiary/aromatic N) is 1. The van der Waals surface area contributed by atoms with Gasteiger partial charge in [0.15, 0.2) is 0 Å². The zero-order valence-electron chi connectivity index (χ0n) is 10.7.